The molecule has 1 amide bonds. The molecule has 5 heteroatoms. The Labute approximate surface area is 115 Å². The van der Waals surface area contributed by atoms with Crippen molar-refractivity contribution in [2.75, 3.05) is 20.1 Å². The van der Waals surface area contributed by atoms with Crippen LogP contribution in [0.4, 0.5) is 0 Å². The van der Waals surface area contributed by atoms with Gasteiger partial charge in [0.25, 0.3) is 0 Å². The van der Waals surface area contributed by atoms with Crippen molar-refractivity contribution in [2.24, 2.45) is 5.92 Å². The summed E-state index contributed by atoms with van der Waals surface area (Å²) in [6.45, 7) is 2.91. The predicted molar refractivity (Wildman–Crippen MR) is 73.9 cm³/mol. The zero-order valence-corrected chi connectivity index (χ0v) is 12.0. The van der Waals surface area contributed by atoms with Crippen molar-refractivity contribution < 1.29 is 14.7 Å². The van der Waals surface area contributed by atoms with E-state index in [1.807, 2.05) is 0 Å². The van der Waals surface area contributed by atoms with Crippen molar-refractivity contribution >= 4 is 11.9 Å². The largest absolute Gasteiger partial charge is 0.481 e. The van der Waals surface area contributed by atoms with Gasteiger partial charge < -0.3 is 15.3 Å². The van der Waals surface area contributed by atoms with Crippen LogP contribution in [0.5, 0.6) is 0 Å². The third kappa shape index (κ3) is 5.59. The summed E-state index contributed by atoms with van der Waals surface area (Å²) in [4.78, 5) is 24.4. The molecule has 110 valence electrons. The van der Waals surface area contributed by atoms with E-state index in [2.05, 4.69) is 17.3 Å². The fraction of sp³-hybridized carbons (Fsp3) is 0.857. The summed E-state index contributed by atoms with van der Waals surface area (Å²) in [6.07, 6.45) is 7.42. The summed E-state index contributed by atoms with van der Waals surface area (Å²) < 4.78 is 0. The summed E-state index contributed by atoms with van der Waals surface area (Å²) in [5.74, 6) is -2.43. The number of carboxylic acids is 1. The zero-order valence-electron chi connectivity index (χ0n) is 12.0. The van der Waals surface area contributed by atoms with Crippen molar-refractivity contribution in [1.82, 2.24) is 10.2 Å². The molecule has 1 rings (SSSR count). The molecule has 1 fully saturated rings. The summed E-state index contributed by atoms with van der Waals surface area (Å²) in [5.41, 5.74) is 0. The lowest BCUT2D eigenvalue weighted by Gasteiger charge is -2.31. The van der Waals surface area contributed by atoms with Crippen LogP contribution < -0.4 is 5.32 Å². The molecule has 0 aromatic heterocycles. The van der Waals surface area contributed by atoms with Gasteiger partial charge in [-0.3, -0.25) is 9.59 Å². The van der Waals surface area contributed by atoms with Gasteiger partial charge in [-0.15, -0.1) is 0 Å². The van der Waals surface area contributed by atoms with Gasteiger partial charge in [-0.1, -0.05) is 19.3 Å². The smallest absolute Gasteiger partial charge is 0.315 e. The van der Waals surface area contributed by atoms with Crippen LogP contribution in [0.2, 0.25) is 0 Å². The number of aliphatic carboxylic acids is 1. The van der Waals surface area contributed by atoms with E-state index in [-0.39, 0.29) is 0 Å². The molecule has 19 heavy (non-hydrogen) atoms. The quantitative estimate of drug-likeness (QED) is 0.543. The molecule has 0 bridgehead atoms. The molecule has 1 atom stereocenters. The first-order chi connectivity index (χ1) is 9.02. The van der Waals surface area contributed by atoms with E-state index >= 15 is 0 Å². The van der Waals surface area contributed by atoms with Crippen LogP contribution >= 0.6 is 0 Å². The van der Waals surface area contributed by atoms with Crippen LogP contribution in [0.25, 0.3) is 0 Å². The standard InChI is InChI=1S/C14H26N2O3/c1-11(14(18)19)13(17)15-9-6-10-16(2)12-7-4-3-5-8-12/h11-12H,3-10H2,1-2H3,(H,15,17)(H,18,19). The lowest BCUT2D eigenvalue weighted by molar-refractivity contribution is -0.146. The first-order valence-corrected chi connectivity index (χ1v) is 7.23. The Morgan fingerprint density at radius 3 is 2.53 bits per heavy atom. The van der Waals surface area contributed by atoms with Crippen molar-refractivity contribution in [3.63, 3.8) is 0 Å². The topological polar surface area (TPSA) is 69.6 Å². The average molecular weight is 270 g/mol. The van der Waals surface area contributed by atoms with Gasteiger partial charge in [0.1, 0.15) is 5.92 Å². The van der Waals surface area contributed by atoms with E-state index in [0.29, 0.717) is 12.6 Å². The zero-order chi connectivity index (χ0) is 14.3. The van der Waals surface area contributed by atoms with E-state index in [0.717, 1.165) is 13.0 Å². The number of hydrogen-bond acceptors (Lipinski definition) is 3. The molecule has 0 aromatic rings. The van der Waals surface area contributed by atoms with Gasteiger partial charge in [0.2, 0.25) is 5.91 Å². The number of carboxylic acid groups (broad SMARTS) is 1. The fourth-order valence-electron chi connectivity index (χ4n) is 2.51. The van der Waals surface area contributed by atoms with Crippen LogP contribution in [-0.4, -0.2) is 48.1 Å². The molecule has 0 heterocycles. The van der Waals surface area contributed by atoms with E-state index in [1.165, 1.54) is 39.0 Å². The highest BCUT2D eigenvalue weighted by atomic mass is 16.4. The van der Waals surface area contributed by atoms with Crippen LogP contribution in [0.1, 0.15) is 45.4 Å². The third-order valence-electron chi connectivity index (χ3n) is 3.95. The van der Waals surface area contributed by atoms with Crippen molar-refractivity contribution in [3.8, 4) is 0 Å². The van der Waals surface area contributed by atoms with Gasteiger partial charge in [-0.25, -0.2) is 0 Å². The van der Waals surface area contributed by atoms with Crippen LogP contribution in [0.3, 0.4) is 0 Å². The molecular weight excluding hydrogens is 244 g/mol. The first-order valence-electron chi connectivity index (χ1n) is 7.23. The predicted octanol–water partition coefficient (Wildman–Crippen LogP) is 1.48. The minimum Gasteiger partial charge on any atom is -0.481 e. The van der Waals surface area contributed by atoms with Gasteiger partial charge >= 0.3 is 5.97 Å². The van der Waals surface area contributed by atoms with Crippen LogP contribution in [-0.2, 0) is 9.59 Å². The highest BCUT2D eigenvalue weighted by Gasteiger charge is 2.20. The molecule has 1 saturated carbocycles. The van der Waals surface area contributed by atoms with Gasteiger partial charge in [0.15, 0.2) is 0 Å². The molecule has 0 spiro atoms. The Kier molecular flexibility index (Phi) is 6.84. The van der Waals surface area contributed by atoms with Gasteiger partial charge in [-0.05, 0) is 39.8 Å². The second kappa shape index (κ2) is 8.15. The normalized spacial score (nSPS) is 18.3. The van der Waals surface area contributed by atoms with Gasteiger partial charge in [0, 0.05) is 12.6 Å². The minimum absolute atomic E-state index is 0.396. The molecule has 1 aliphatic rings. The first kappa shape index (κ1) is 16.0. The van der Waals surface area contributed by atoms with E-state index in [4.69, 9.17) is 5.11 Å². The van der Waals surface area contributed by atoms with E-state index in [9.17, 15) is 9.59 Å². The molecule has 0 saturated heterocycles. The van der Waals surface area contributed by atoms with Crippen molar-refractivity contribution in [1.29, 1.82) is 0 Å². The highest BCUT2D eigenvalue weighted by Crippen LogP contribution is 2.21. The van der Waals surface area contributed by atoms with Crippen molar-refractivity contribution in [2.45, 2.75) is 51.5 Å². The average Bonchev–Trinajstić information content (AvgIpc) is 2.43. The van der Waals surface area contributed by atoms with Crippen molar-refractivity contribution in [3.05, 3.63) is 0 Å². The monoisotopic (exact) mass is 270 g/mol. The minimum atomic E-state index is -1.07. The number of carbonyl (C=O) groups excluding carboxylic acids is 1. The second-order valence-corrected chi connectivity index (χ2v) is 5.48. The number of nitrogens with zero attached hydrogens (tertiary/aromatic N) is 1. The second-order valence-electron chi connectivity index (χ2n) is 5.48. The summed E-state index contributed by atoms with van der Waals surface area (Å²) >= 11 is 0. The molecule has 2 N–H and O–H groups in total. The molecule has 0 aromatic carbocycles. The Bertz CT molecular complexity index is 301. The summed E-state index contributed by atoms with van der Waals surface area (Å²) in [5, 5.41) is 11.4. The lowest BCUT2D eigenvalue weighted by Crippen LogP contribution is -2.37. The number of hydrogen-bond donors (Lipinski definition) is 2. The molecular formula is C14H26N2O3. The molecule has 0 radical (unpaired) electrons. The number of amides is 1. The highest BCUT2D eigenvalue weighted by molar-refractivity contribution is 5.96. The molecule has 5 nitrogen and oxygen atoms in total. The Balaban J connectivity index is 2.12. The van der Waals surface area contributed by atoms with Gasteiger partial charge in [-0.2, -0.15) is 0 Å². The Hall–Kier alpha value is -1.10. The molecule has 1 aliphatic carbocycles. The number of carbonyl (C=O) groups is 2. The summed E-state index contributed by atoms with van der Waals surface area (Å²) in [6, 6.07) is 0.683. The maximum atomic E-state index is 11.4. The Morgan fingerprint density at radius 2 is 1.95 bits per heavy atom. The number of nitrogens with one attached hydrogen (secondary N) is 1. The van der Waals surface area contributed by atoms with E-state index < -0.39 is 17.8 Å². The third-order valence-corrected chi connectivity index (χ3v) is 3.95. The van der Waals surface area contributed by atoms with Crippen LogP contribution in [0, 0.1) is 5.92 Å². The fourth-order valence-corrected chi connectivity index (χ4v) is 2.51. The molecule has 0 aliphatic heterocycles. The maximum Gasteiger partial charge on any atom is 0.315 e. The molecule has 1 unspecified atom stereocenters. The Morgan fingerprint density at radius 1 is 1.32 bits per heavy atom. The SMILES string of the molecule is CC(C(=O)O)C(=O)NCCCN(C)C1CCCCC1. The maximum absolute atomic E-state index is 11.4. The number of rotatable bonds is 7. The summed E-state index contributed by atoms with van der Waals surface area (Å²) in [7, 11) is 2.14. The van der Waals surface area contributed by atoms with Gasteiger partial charge in [0.05, 0.1) is 0 Å². The van der Waals surface area contributed by atoms with Crippen LogP contribution in [0.15, 0.2) is 0 Å². The van der Waals surface area contributed by atoms with E-state index in [1.54, 1.807) is 0 Å². The lowest BCUT2D eigenvalue weighted by atomic mass is 9.94.